The number of hydrogen-bond donors (Lipinski definition) is 3. The van der Waals surface area contributed by atoms with Gasteiger partial charge in [0, 0.05) is 42.8 Å². The number of carbonyl (C=O) groups excluding carboxylic acids is 1. The van der Waals surface area contributed by atoms with E-state index in [1.807, 2.05) is 12.1 Å². The predicted octanol–water partition coefficient (Wildman–Crippen LogP) is 9.38. The summed E-state index contributed by atoms with van der Waals surface area (Å²) >= 11 is 39.3. The lowest BCUT2D eigenvalue weighted by Gasteiger charge is -2.39. The van der Waals surface area contributed by atoms with E-state index in [0.29, 0.717) is 21.3 Å². The SMILES string of the molecule is CS(=O)(=O)c1ccc(S(=O)(=O)N([C@@H](C2=NNC(c3ccc(Cl)cc3)C2)c2ccc(Cl)cc2Cl)[C@@H](C2=NNC(c3ccc(Cl)cc3)C2C(N)=O)c2ccc(Cl)cc2Cl)cc1. The molecule has 7 rings (SSSR count). The maximum atomic E-state index is 15.8. The van der Waals surface area contributed by atoms with Crippen molar-refractivity contribution in [2.45, 2.75) is 40.4 Å². The standard InChI is InChI=1S/C40H32Cl6N6O5S2/c1-58(54,55)27-12-14-28(15-13-27)59(56,57)52(38(29-16-10-25(43)18-31(29)45)34-20-33(48-49-34)21-2-6-23(41)7-3-21)39(30-17-11-26(44)19-32(30)46)37-35(40(47)53)36(50-51-37)22-4-8-24(42)9-5-22/h2-19,33,35-36,38-39,48,50H,20H2,1H3,(H2,47,53)/t33?,35?,36?,38-,39-/m1/s1. The summed E-state index contributed by atoms with van der Waals surface area (Å²) in [6.45, 7) is 0. The normalized spacial score (nSPS) is 19.1. The molecule has 59 heavy (non-hydrogen) atoms. The summed E-state index contributed by atoms with van der Waals surface area (Å²) in [5.74, 6) is -2.10. The second-order valence-corrected chi connectivity index (χ2v) is 20.2. The summed E-state index contributed by atoms with van der Waals surface area (Å²) in [5.41, 5.74) is 14.5. The van der Waals surface area contributed by atoms with Crippen LogP contribution in [0.25, 0.3) is 0 Å². The average molecular weight is 954 g/mol. The number of nitrogens with zero attached hydrogens (tertiary/aromatic N) is 3. The number of hydrogen-bond acceptors (Lipinski definition) is 9. The van der Waals surface area contributed by atoms with Gasteiger partial charge in [0.05, 0.1) is 45.4 Å². The lowest BCUT2D eigenvalue weighted by Crippen LogP contribution is -2.47. The number of primary amides is 1. The minimum absolute atomic E-state index is 0.0195. The van der Waals surface area contributed by atoms with Crippen LogP contribution < -0.4 is 16.6 Å². The summed E-state index contributed by atoms with van der Waals surface area (Å²) < 4.78 is 57.7. The first kappa shape index (κ1) is 43.2. The van der Waals surface area contributed by atoms with Crippen molar-refractivity contribution < 1.29 is 21.6 Å². The molecule has 2 aliphatic heterocycles. The molecule has 0 aliphatic carbocycles. The van der Waals surface area contributed by atoms with Crippen LogP contribution in [0.5, 0.6) is 0 Å². The molecule has 2 heterocycles. The summed E-state index contributed by atoms with van der Waals surface area (Å²) in [6, 6.07) is 23.4. The van der Waals surface area contributed by atoms with E-state index >= 15 is 8.42 Å². The molecule has 11 nitrogen and oxygen atoms in total. The van der Waals surface area contributed by atoms with Crippen LogP contribution in [0.2, 0.25) is 30.1 Å². The van der Waals surface area contributed by atoms with Crippen molar-refractivity contribution in [1.29, 1.82) is 0 Å². The van der Waals surface area contributed by atoms with Crippen LogP contribution in [-0.4, -0.2) is 44.7 Å². The average Bonchev–Trinajstić information content (AvgIpc) is 3.85. The zero-order chi connectivity index (χ0) is 42.4. The molecular weight excluding hydrogens is 921 g/mol. The van der Waals surface area contributed by atoms with E-state index in [2.05, 4.69) is 16.0 Å². The van der Waals surface area contributed by atoms with E-state index in [-0.39, 0.29) is 53.1 Å². The Morgan fingerprint density at radius 1 is 0.661 bits per heavy atom. The molecule has 0 radical (unpaired) electrons. The molecule has 5 aromatic rings. The third-order valence-corrected chi connectivity index (χ3v) is 14.6. The molecule has 5 atom stereocenters. The fourth-order valence-electron chi connectivity index (χ4n) is 7.20. The maximum absolute atomic E-state index is 15.8. The number of sulfone groups is 1. The first-order valence-corrected chi connectivity index (χ1v) is 23.2. The molecule has 4 N–H and O–H groups in total. The summed E-state index contributed by atoms with van der Waals surface area (Å²) in [4.78, 5) is 13.3. The summed E-state index contributed by atoms with van der Waals surface area (Å²) in [6.07, 6.45) is 1.16. The molecule has 5 aromatic carbocycles. The Balaban J connectivity index is 1.52. The van der Waals surface area contributed by atoms with Crippen LogP contribution in [0.1, 0.15) is 52.8 Å². The van der Waals surface area contributed by atoms with Crippen LogP contribution in [0.4, 0.5) is 0 Å². The molecule has 0 fully saturated rings. The predicted molar refractivity (Wildman–Crippen MR) is 234 cm³/mol. The van der Waals surface area contributed by atoms with E-state index in [0.717, 1.165) is 16.1 Å². The van der Waals surface area contributed by atoms with Gasteiger partial charge in [-0.3, -0.25) is 4.79 Å². The molecule has 19 heteroatoms. The molecule has 3 unspecified atom stereocenters. The minimum Gasteiger partial charge on any atom is -0.369 e. The number of amides is 1. The van der Waals surface area contributed by atoms with Gasteiger partial charge in [0.25, 0.3) is 0 Å². The van der Waals surface area contributed by atoms with Gasteiger partial charge in [-0.25, -0.2) is 16.8 Å². The van der Waals surface area contributed by atoms with Crippen LogP contribution in [0.3, 0.4) is 0 Å². The molecular formula is C40H32Cl6N6O5S2. The molecule has 0 spiro atoms. The highest BCUT2D eigenvalue weighted by Gasteiger charge is 2.51. The van der Waals surface area contributed by atoms with Gasteiger partial charge >= 0.3 is 0 Å². The Hall–Kier alpha value is -3.89. The van der Waals surface area contributed by atoms with Gasteiger partial charge in [0.2, 0.25) is 15.9 Å². The van der Waals surface area contributed by atoms with E-state index in [9.17, 15) is 13.2 Å². The van der Waals surface area contributed by atoms with Crippen LogP contribution in [0, 0.1) is 5.92 Å². The number of benzene rings is 5. The molecule has 306 valence electrons. The Bertz CT molecular complexity index is 2720. The smallest absolute Gasteiger partial charge is 0.244 e. The van der Waals surface area contributed by atoms with Crippen LogP contribution in [0.15, 0.2) is 129 Å². The lowest BCUT2D eigenvalue weighted by molar-refractivity contribution is -0.120. The highest BCUT2D eigenvalue weighted by atomic mass is 35.5. The van der Waals surface area contributed by atoms with Gasteiger partial charge in [-0.1, -0.05) is 106 Å². The van der Waals surface area contributed by atoms with Gasteiger partial charge in [-0.15, -0.1) is 0 Å². The maximum Gasteiger partial charge on any atom is 0.244 e. The first-order chi connectivity index (χ1) is 27.9. The van der Waals surface area contributed by atoms with Gasteiger partial charge in [-0.05, 0) is 95.1 Å². The van der Waals surface area contributed by atoms with Crippen molar-refractivity contribution >= 4 is 107 Å². The van der Waals surface area contributed by atoms with Crippen molar-refractivity contribution in [3.05, 3.63) is 162 Å². The third kappa shape index (κ3) is 8.95. The van der Waals surface area contributed by atoms with Gasteiger partial charge in [0.1, 0.15) is 5.92 Å². The Kier molecular flexibility index (Phi) is 12.6. The van der Waals surface area contributed by atoms with Crippen molar-refractivity contribution in [3.8, 4) is 0 Å². The monoisotopic (exact) mass is 950 g/mol. The highest BCUT2D eigenvalue weighted by Crippen LogP contribution is 2.47. The zero-order valence-electron chi connectivity index (χ0n) is 30.5. The second kappa shape index (κ2) is 17.2. The van der Waals surface area contributed by atoms with Gasteiger partial charge < -0.3 is 16.6 Å². The quantitative estimate of drug-likeness (QED) is 0.112. The molecule has 0 aromatic heterocycles. The molecule has 0 saturated carbocycles. The van der Waals surface area contributed by atoms with Gasteiger partial charge in [-0.2, -0.15) is 14.5 Å². The first-order valence-electron chi connectivity index (χ1n) is 17.6. The van der Waals surface area contributed by atoms with Crippen molar-refractivity contribution in [1.82, 2.24) is 15.2 Å². The number of halogens is 6. The van der Waals surface area contributed by atoms with E-state index < -0.39 is 55.9 Å². The molecule has 1 amide bonds. The van der Waals surface area contributed by atoms with Crippen molar-refractivity contribution in [2.24, 2.45) is 21.9 Å². The second-order valence-electron chi connectivity index (χ2n) is 13.8. The van der Waals surface area contributed by atoms with E-state index in [4.69, 9.17) is 80.4 Å². The van der Waals surface area contributed by atoms with Crippen LogP contribution >= 0.6 is 69.6 Å². The lowest BCUT2D eigenvalue weighted by atomic mass is 9.84. The largest absolute Gasteiger partial charge is 0.369 e. The number of nitrogens with one attached hydrogen (secondary N) is 2. The Labute approximate surface area is 371 Å². The number of hydrazone groups is 2. The topological polar surface area (TPSA) is 163 Å². The fraction of sp³-hybridized carbons (Fsp3) is 0.175. The fourth-order valence-corrected chi connectivity index (χ4v) is 10.8. The highest BCUT2D eigenvalue weighted by molar-refractivity contribution is 7.90. The van der Waals surface area contributed by atoms with Crippen molar-refractivity contribution in [3.63, 3.8) is 0 Å². The number of rotatable bonds is 12. The van der Waals surface area contributed by atoms with E-state index in [1.54, 1.807) is 48.5 Å². The summed E-state index contributed by atoms with van der Waals surface area (Å²) in [7, 11) is -8.59. The third-order valence-electron chi connectivity index (χ3n) is 10.0. The molecule has 0 saturated heterocycles. The van der Waals surface area contributed by atoms with Crippen LogP contribution in [-0.2, 0) is 24.7 Å². The number of carbonyl (C=O) groups is 1. The Morgan fingerprint density at radius 2 is 1.15 bits per heavy atom. The summed E-state index contributed by atoms with van der Waals surface area (Å²) in [5, 5.41) is 11.0. The molecule has 2 aliphatic rings. The number of nitrogens with two attached hydrogens (primary N) is 1. The van der Waals surface area contributed by atoms with Gasteiger partial charge in [0.15, 0.2) is 9.84 Å². The zero-order valence-corrected chi connectivity index (χ0v) is 36.7. The minimum atomic E-state index is -4.86. The van der Waals surface area contributed by atoms with E-state index in [1.165, 1.54) is 48.5 Å². The number of sulfonamides is 1. The van der Waals surface area contributed by atoms with Crippen molar-refractivity contribution in [2.75, 3.05) is 6.26 Å². The molecule has 0 bridgehead atoms. The Morgan fingerprint density at radius 3 is 1.66 bits per heavy atom.